The van der Waals surface area contributed by atoms with Gasteiger partial charge in [-0.15, -0.1) is 0 Å². The molecule has 0 aliphatic carbocycles. The number of nitrogens with zero attached hydrogens (tertiary/aromatic N) is 3. The Hall–Kier alpha value is -2.01. The fourth-order valence-electron chi connectivity index (χ4n) is 1.46. The SMILES string of the molecule is N#Cc1ccc(S(=O)(=O)NCc2ccncn2)c(Cl)c1. The molecule has 8 heteroatoms. The molecule has 6 nitrogen and oxygen atoms in total. The highest BCUT2D eigenvalue weighted by Gasteiger charge is 2.18. The van der Waals surface area contributed by atoms with Gasteiger partial charge in [-0.1, -0.05) is 11.6 Å². The monoisotopic (exact) mass is 308 g/mol. The van der Waals surface area contributed by atoms with Crippen LogP contribution in [0.2, 0.25) is 5.02 Å². The standard InChI is InChI=1S/C12H9ClN4O2S/c13-11-5-9(6-14)1-2-12(11)20(18,19)17-7-10-3-4-15-8-16-10/h1-5,8,17H,7H2. The number of nitriles is 1. The topological polar surface area (TPSA) is 95.7 Å². The smallest absolute Gasteiger partial charge is 0.242 e. The van der Waals surface area contributed by atoms with Gasteiger partial charge in [0.15, 0.2) is 0 Å². The summed E-state index contributed by atoms with van der Waals surface area (Å²) in [5, 5.41) is 8.72. The van der Waals surface area contributed by atoms with Crippen molar-refractivity contribution in [3.05, 3.63) is 53.1 Å². The molecule has 0 atom stereocenters. The molecule has 0 bridgehead atoms. The van der Waals surface area contributed by atoms with E-state index >= 15 is 0 Å². The molecule has 0 fully saturated rings. The number of hydrogen-bond donors (Lipinski definition) is 1. The second kappa shape index (κ2) is 5.96. The van der Waals surface area contributed by atoms with Crippen LogP contribution in [0.15, 0.2) is 41.7 Å². The molecule has 0 unspecified atom stereocenters. The lowest BCUT2D eigenvalue weighted by Gasteiger charge is -2.08. The number of halogens is 1. The largest absolute Gasteiger partial charge is 0.245 e. The highest BCUT2D eigenvalue weighted by molar-refractivity contribution is 7.89. The van der Waals surface area contributed by atoms with Gasteiger partial charge in [0, 0.05) is 6.20 Å². The number of nitrogens with one attached hydrogen (secondary N) is 1. The molecule has 0 aliphatic rings. The van der Waals surface area contributed by atoms with Crippen molar-refractivity contribution < 1.29 is 8.42 Å². The lowest BCUT2D eigenvalue weighted by molar-refractivity contribution is 0.580. The maximum absolute atomic E-state index is 12.1. The Labute approximate surface area is 121 Å². The van der Waals surface area contributed by atoms with E-state index in [1.54, 1.807) is 6.07 Å². The maximum Gasteiger partial charge on any atom is 0.242 e. The summed E-state index contributed by atoms with van der Waals surface area (Å²) in [6.07, 6.45) is 2.85. The minimum Gasteiger partial charge on any atom is -0.245 e. The summed E-state index contributed by atoms with van der Waals surface area (Å²) >= 11 is 5.88. The van der Waals surface area contributed by atoms with Crippen LogP contribution in [0, 0.1) is 11.3 Å². The van der Waals surface area contributed by atoms with Gasteiger partial charge in [-0.25, -0.2) is 23.1 Å². The van der Waals surface area contributed by atoms with Gasteiger partial charge in [0.2, 0.25) is 10.0 Å². The van der Waals surface area contributed by atoms with Crippen LogP contribution >= 0.6 is 11.6 Å². The summed E-state index contributed by atoms with van der Waals surface area (Å²) < 4.78 is 26.6. The number of rotatable bonds is 4. The molecule has 0 spiro atoms. The van der Waals surface area contributed by atoms with Gasteiger partial charge in [0.05, 0.1) is 28.9 Å². The Morgan fingerprint density at radius 1 is 1.35 bits per heavy atom. The van der Waals surface area contributed by atoms with Crippen molar-refractivity contribution >= 4 is 21.6 Å². The fourth-order valence-corrected chi connectivity index (χ4v) is 3.00. The summed E-state index contributed by atoms with van der Waals surface area (Å²) in [5.74, 6) is 0. The molecule has 0 saturated carbocycles. The average Bonchev–Trinajstić information content (AvgIpc) is 2.46. The highest BCUT2D eigenvalue weighted by Crippen LogP contribution is 2.22. The fraction of sp³-hybridized carbons (Fsp3) is 0.0833. The quantitative estimate of drug-likeness (QED) is 0.923. The minimum atomic E-state index is -3.77. The summed E-state index contributed by atoms with van der Waals surface area (Å²) in [4.78, 5) is 7.58. The molecular weight excluding hydrogens is 300 g/mol. The molecule has 1 N–H and O–H groups in total. The van der Waals surface area contributed by atoms with Crippen LogP contribution in [0.3, 0.4) is 0 Å². The predicted octanol–water partition coefficient (Wildman–Crippen LogP) is 1.48. The Morgan fingerprint density at radius 2 is 2.15 bits per heavy atom. The molecule has 0 radical (unpaired) electrons. The van der Waals surface area contributed by atoms with Crippen molar-refractivity contribution in [3.63, 3.8) is 0 Å². The summed E-state index contributed by atoms with van der Waals surface area (Å²) in [7, 11) is -3.77. The van der Waals surface area contributed by atoms with Gasteiger partial charge in [-0.3, -0.25) is 0 Å². The van der Waals surface area contributed by atoms with E-state index in [0.717, 1.165) is 0 Å². The molecular formula is C12H9ClN4O2S. The van der Waals surface area contributed by atoms with E-state index in [1.165, 1.54) is 30.7 Å². The van der Waals surface area contributed by atoms with E-state index in [0.29, 0.717) is 11.3 Å². The first-order valence-electron chi connectivity index (χ1n) is 5.47. The Kier molecular flexibility index (Phi) is 4.29. The summed E-state index contributed by atoms with van der Waals surface area (Å²) in [6, 6.07) is 7.48. The molecule has 2 rings (SSSR count). The summed E-state index contributed by atoms with van der Waals surface area (Å²) in [6.45, 7) is 0.0290. The molecule has 1 aromatic heterocycles. The lowest BCUT2D eigenvalue weighted by Crippen LogP contribution is -2.24. The van der Waals surface area contributed by atoms with E-state index in [9.17, 15) is 8.42 Å². The van der Waals surface area contributed by atoms with Crippen LogP contribution in [0.5, 0.6) is 0 Å². The molecule has 2 aromatic rings. The third kappa shape index (κ3) is 3.30. The zero-order chi connectivity index (χ0) is 14.6. The van der Waals surface area contributed by atoms with Crippen LogP contribution in [-0.2, 0) is 16.6 Å². The van der Waals surface area contributed by atoms with Crippen molar-refractivity contribution in [2.24, 2.45) is 0 Å². The van der Waals surface area contributed by atoms with E-state index in [2.05, 4.69) is 14.7 Å². The van der Waals surface area contributed by atoms with Crippen LogP contribution in [0.4, 0.5) is 0 Å². The van der Waals surface area contributed by atoms with E-state index < -0.39 is 10.0 Å². The van der Waals surface area contributed by atoms with Gasteiger partial charge in [0.25, 0.3) is 0 Å². The normalized spacial score (nSPS) is 11.0. The average molecular weight is 309 g/mol. The van der Waals surface area contributed by atoms with Gasteiger partial charge in [-0.05, 0) is 24.3 Å². The number of sulfonamides is 1. The Bertz CT molecular complexity index is 757. The molecule has 102 valence electrons. The second-order valence-electron chi connectivity index (χ2n) is 3.78. The molecule has 20 heavy (non-hydrogen) atoms. The van der Waals surface area contributed by atoms with Gasteiger partial charge < -0.3 is 0 Å². The van der Waals surface area contributed by atoms with Crippen LogP contribution in [0.25, 0.3) is 0 Å². The predicted molar refractivity (Wildman–Crippen MR) is 72.2 cm³/mol. The van der Waals surface area contributed by atoms with Crippen molar-refractivity contribution in [2.45, 2.75) is 11.4 Å². The third-order valence-corrected chi connectivity index (χ3v) is 4.32. The first-order chi connectivity index (χ1) is 9.53. The van der Waals surface area contributed by atoms with E-state index in [-0.39, 0.29) is 16.5 Å². The van der Waals surface area contributed by atoms with Gasteiger partial charge >= 0.3 is 0 Å². The second-order valence-corrected chi connectivity index (χ2v) is 5.92. The number of hydrogen-bond acceptors (Lipinski definition) is 5. The molecule has 1 aromatic carbocycles. The zero-order valence-electron chi connectivity index (χ0n) is 10.1. The first-order valence-corrected chi connectivity index (χ1v) is 7.33. The third-order valence-electron chi connectivity index (χ3n) is 2.44. The summed E-state index contributed by atoms with van der Waals surface area (Å²) in [5.41, 5.74) is 0.832. The van der Waals surface area contributed by atoms with E-state index in [4.69, 9.17) is 16.9 Å². The van der Waals surface area contributed by atoms with E-state index in [1.807, 2.05) is 6.07 Å². The number of benzene rings is 1. The molecule has 0 amide bonds. The molecule has 1 heterocycles. The Balaban J connectivity index is 2.21. The van der Waals surface area contributed by atoms with Crippen LogP contribution in [0.1, 0.15) is 11.3 Å². The van der Waals surface area contributed by atoms with Crippen molar-refractivity contribution in [1.29, 1.82) is 5.26 Å². The van der Waals surface area contributed by atoms with Crippen molar-refractivity contribution in [3.8, 4) is 6.07 Å². The first kappa shape index (κ1) is 14.4. The van der Waals surface area contributed by atoms with Crippen LogP contribution < -0.4 is 4.72 Å². The molecule has 0 saturated heterocycles. The maximum atomic E-state index is 12.1. The van der Waals surface area contributed by atoms with Crippen molar-refractivity contribution in [1.82, 2.24) is 14.7 Å². The Morgan fingerprint density at radius 3 is 2.75 bits per heavy atom. The minimum absolute atomic E-state index is 0.000706. The van der Waals surface area contributed by atoms with Gasteiger partial charge in [-0.2, -0.15) is 5.26 Å². The van der Waals surface area contributed by atoms with Crippen molar-refractivity contribution in [2.75, 3.05) is 0 Å². The zero-order valence-corrected chi connectivity index (χ0v) is 11.7. The highest BCUT2D eigenvalue weighted by atomic mass is 35.5. The molecule has 0 aliphatic heterocycles. The lowest BCUT2D eigenvalue weighted by atomic mass is 10.2. The number of aromatic nitrogens is 2. The van der Waals surface area contributed by atoms with Crippen LogP contribution in [-0.4, -0.2) is 18.4 Å². The van der Waals surface area contributed by atoms with Gasteiger partial charge in [0.1, 0.15) is 11.2 Å².